The third-order valence-corrected chi connectivity index (χ3v) is 2.86. The molecule has 1 aromatic rings. The molecule has 1 aromatic carbocycles. The molecule has 7 heteroatoms. The first kappa shape index (κ1) is 17.8. The Kier molecular flexibility index (Phi) is 6.65. The Bertz CT molecular complexity index is 519. The molecule has 1 amide bonds. The molecule has 22 heavy (non-hydrogen) atoms. The van der Waals surface area contributed by atoms with Crippen molar-refractivity contribution in [3.8, 4) is 11.5 Å². The van der Waals surface area contributed by atoms with Crippen LogP contribution in [0.1, 0.15) is 13.3 Å². The molecule has 7 nitrogen and oxygen atoms in total. The molecular weight excluding hydrogens is 290 g/mol. The molecule has 0 aliphatic heterocycles. The highest BCUT2D eigenvalue weighted by molar-refractivity contribution is 5.79. The third-order valence-electron chi connectivity index (χ3n) is 2.86. The van der Waals surface area contributed by atoms with Gasteiger partial charge in [0.15, 0.2) is 6.61 Å². The van der Waals surface area contributed by atoms with E-state index in [-0.39, 0.29) is 19.6 Å². The zero-order valence-electron chi connectivity index (χ0n) is 12.9. The molecule has 122 valence electrons. The largest absolute Gasteiger partial charge is 0.497 e. The number of ether oxygens (including phenoxy) is 3. The van der Waals surface area contributed by atoms with Crippen LogP contribution in [0.25, 0.3) is 0 Å². The van der Waals surface area contributed by atoms with E-state index in [1.807, 2.05) is 0 Å². The summed E-state index contributed by atoms with van der Waals surface area (Å²) in [5.41, 5.74) is -0.991. The topological polar surface area (TPSA) is 94.1 Å². The molecule has 0 fully saturated rings. The summed E-state index contributed by atoms with van der Waals surface area (Å²) in [6, 6.07) is 6.85. The van der Waals surface area contributed by atoms with Crippen molar-refractivity contribution in [1.82, 2.24) is 5.32 Å². The van der Waals surface area contributed by atoms with Gasteiger partial charge in [-0.05, 0) is 19.1 Å². The summed E-state index contributed by atoms with van der Waals surface area (Å²) in [7, 11) is 2.98. The first-order valence-corrected chi connectivity index (χ1v) is 6.67. The van der Waals surface area contributed by atoms with E-state index in [2.05, 4.69) is 5.32 Å². The average Bonchev–Trinajstić information content (AvgIpc) is 2.44. The minimum atomic E-state index is -1.02. The zero-order chi connectivity index (χ0) is 16.6. The van der Waals surface area contributed by atoms with Crippen LogP contribution in [-0.2, 0) is 14.3 Å². The summed E-state index contributed by atoms with van der Waals surface area (Å²) in [5, 5.41) is 11.5. The highest BCUT2D eigenvalue weighted by Crippen LogP contribution is 2.18. The number of hydrogen-bond donors (Lipinski definition) is 2. The van der Waals surface area contributed by atoms with E-state index in [9.17, 15) is 9.59 Å². The Morgan fingerprint density at radius 2 is 1.95 bits per heavy atom. The van der Waals surface area contributed by atoms with Gasteiger partial charge in [0.1, 0.15) is 11.5 Å². The second-order valence-corrected chi connectivity index (χ2v) is 5.08. The lowest BCUT2D eigenvalue weighted by molar-refractivity contribution is -0.139. The fourth-order valence-corrected chi connectivity index (χ4v) is 2.00. The van der Waals surface area contributed by atoms with Gasteiger partial charge in [-0.1, -0.05) is 6.07 Å². The van der Waals surface area contributed by atoms with Gasteiger partial charge in [0.25, 0.3) is 5.91 Å². The Morgan fingerprint density at radius 1 is 1.27 bits per heavy atom. The lowest BCUT2D eigenvalue weighted by Gasteiger charge is -2.28. The SMILES string of the molecule is COCC(C)(CC(=O)O)NC(=O)COc1cccc(OC)c1. The molecule has 0 bridgehead atoms. The minimum Gasteiger partial charge on any atom is -0.497 e. The Balaban J connectivity index is 2.58. The summed E-state index contributed by atoms with van der Waals surface area (Å²) in [6.07, 6.45) is -0.244. The van der Waals surface area contributed by atoms with E-state index >= 15 is 0 Å². The molecule has 1 unspecified atom stereocenters. The fraction of sp³-hybridized carbons (Fsp3) is 0.467. The number of carboxylic acids is 1. The molecule has 0 heterocycles. The maximum atomic E-state index is 11.9. The van der Waals surface area contributed by atoms with Crippen molar-refractivity contribution < 1.29 is 28.9 Å². The van der Waals surface area contributed by atoms with Gasteiger partial charge in [-0.25, -0.2) is 0 Å². The van der Waals surface area contributed by atoms with Crippen LogP contribution >= 0.6 is 0 Å². The summed E-state index contributed by atoms with van der Waals surface area (Å²) in [4.78, 5) is 22.8. The van der Waals surface area contributed by atoms with Crippen LogP contribution in [0, 0.1) is 0 Å². The Hall–Kier alpha value is -2.28. The normalized spacial score (nSPS) is 13.0. The van der Waals surface area contributed by atoms with E-state index in [1.165, 1.54) is 14.2 Å². The second-order valence-electron chi connectivity index (χ2n) is 5.08. The summed E-state index contributed by atoms with van der Waals surface area (Å²) in [6.45, 7) is 1.46. The van der Waals surface area contributed by atoms with E-state index in [0.717, 1.165) is 0 Å². The van der Waals surface area contributed by atoms with Gasteiger partial charge in [0.05, 0.1) is 25.7 Å². The van der Waals surface area contributed by atoms with Crippen molar-refractivity contribution in [1.29, 1.82) is 0 Å². The van der Waals surface area contributed by atoms with E-state index < -0.39 is 17.4 Å². The molecule has 0 radical (unpaired) electrons. The number of nitrogens with one attached hydrogen (secondary N) is 1. The van der Waals surface area contributed by atoms with Gasteiger partial charge < -0.3 is 24.6 Å². The first-order chi connectivity index (χ1) is 10.4. The third kappa shape index (κ3) is 6.01. The van der Waals surface area contributed by atoms with Crippen LogP contribution in [0.3, 0.4) is 0 Å². The fourth-order valence-electron chi connectivity index (χ4n) is 2.00. The van der Waals surface area contributed by atoms with Crippen molar-refractivity contribution in [3.05, 3.63) is 24.3 Å². The van der Waals surface area contributed by atoms with Crippen molar-refractivity contribution in [2.75, 3.05) is 27.4 Å². The maximum Gasteiger partial charge on any atom is 0.305 e. The molecule has 0 aliphatic rings. The highest BCUT2D eigenvalue weighted by Gasteiger charge is 2.29. The quantitative estimate of drug-likeness (QED) is 0.708. The number of hydrogen-bond acceptors (Lipinski definition) is 5. The number of amides is 1. The lowest BCUT2D eigenvalue weighted by atomic mass is 9.99. The molecule has 0 spiro atoms. The van der Waals surface area contributed by atoms with E-state index in [0.29, 0.717) is 11.5 Å². The van der Waals surface area contributed by atoms with Crippen molar-refractivity contribution in [2.24, 2.45) is 0 Å². The molecule has 1 atom stereocenters. The predicted octanol–water partition coefficient (Wildman–Crippen LogP) is 1.07. The molecular formula is C15H21NO6. The maximum absolute atomic E-state index is 11.9. The standard InChI is InChI=1S/C15H21NO6/c1-15(10-20-2,8-14(18)19)16-13(17)9-22-12-6-4-5-11(7-12)21-3/h4-7H,8-10H2,1-3H3,(H,16,17)(H,18,19). The number of carbonyl (C=O) groups excluding carboxylic acids is 1. The molecule has 1 rings (SSSR count). The summed E-state index contributed by atoms with van der Waals surface area (Å²) < 4.78 is 15.4. The number of carbonyl (C=O) groups is 2. The number of rotatable bonds is 9. The van der Waals surface area contributed by atoms with Crippen LogP contribution in [0.2, 0.25) is 0 Å². The summed E-state index contributed by atoms with van der Waals surface area (Å²) >= 11 is 0. The average molecular weight is 311 g/mol. The van der Waals surface area contributed by atoms with Gasteiger partial charge in [0.2, 0.25) is 0 Å². The van der Waals surface area contributed by atoms with Crippen molar-refractivity contribution in [2.45, 2.75) is 18.9 Å². The second kappa shape index (κ2) is 8.23. The predicted molar refractivity (Wildman–Crippen MR) is 79.2 cm³/mol. The van der Waals surface area contributed by atoms with E-state index in [1.54, 1.807) is 31.2 Å². The van der Waals surface area contributed by atoms with Crippen LogP contribution in [-0.4, -0.2) is 50.0 Å². The Labute approximate surface area is 129 Å². The van der Waals surface area contributed by atoms with Gasteiger partial charge >= 0.3 is 5.97 Å². The Morgan fingerprint density at radius 3 is 2.55 bits per heavy atom. The minimum absolute atomic E-state index is 0.0875. The monoisotopic (exact) mass is 311 g/mol. The van der Waals surface area contributed by atoms with Gasteiger partial charge in [-0.2, -0.15) is 0 Å². The van der Waals surface area contributed by atoms with Crippen molar-refractivity contribution in [3.63, 3.8) is 0 Å². The first-order valence-electron chi connectivity index (χ1n) is 6.67. The highest BCUT2D eigenvalue weighted by atomic mass is 16.5. The number of carboxylic acid groups (broad SMARTS) is 1. The molecule has 0 aliphatic carbocycles. The van der Waals surface area contributed by atoms with Crippen LogP contribution in [0.5, 0.6) is 11.5 Å². The number of benzene rings is 1. The van der Waals surface area contributed by atoms with Crippen LogP contribution in [0.4, 0.5) is 0 Å². The van der Waals surface area contributed by atoms with Gasteiger partial charge in [-0.15, -0.1) is 0 Å². The van der Waals surface area contributed by atoms with E-state index in [4.69, 9.17) is 19.3 Å². The van der Waals surface area contributed by atoms with Crippen LogP contribution < -0.4 is 14.8 Å². The van der Waals surface area contributed by atoms with Crippen LogP contribution in [0.15, 0.2) is 24.3 Å². The summed E-state index contributed by atoms with van der Waals surface area (Å²) in [5.74, 6) is -0.341. The van der Waals surface area contributed by atoms with Crippen molar-refractivity contribution >= 4 is 11.9 Å². The number of methoxy groups -OCH3 is 2. The molecule has 0 saturated carbocycles. The lowest BCUT2D eigenvalue weighted by Crippen LogP contribution is -2.52. The molecule has 0 aromatic heterocycles. The smallest absolute Gasteiger partial charge is 0.305 e. The molecule has 2 N–H and O–H groups in total. The van der Waals surface area contributed by atoms with Gasteiger partial charge in [0, 0.05) is 13.2 Å². The van der Waals surface area contributed by atoms with Gasteiger partial charge in [-0.3, -0.25) is 9.59 Å². The number of aliphatic carboxylic acids is 1. The zero-order valence-corrected chi connectivity index (χ0v) is 12.9. The molecule has 0 saturated heterocycles.